The van der Waals surface area contributed by atoms with Crippen molar-refractivity contribution in [2.75, 3.05) is 0 Å². The van der Waals surface area contributed by atoms with E-state index in [0.29, 0.717) is 0 Å². The van der Waals surface area contributed by atoms with Gasteiger partial charge in [0.05, 0.1) is 18.2 Å². The zero-order valence-electron chi connectivity index (χ0n) is 16.2. The quantitative estimate of drug-likeness (QED) is 0.406. The molecule has 144 valence electrons. The first-order valence-electron chi connectivity index (χ1n) is 9.21. The van der Waals surface area contributed by atoms with Crippen LogP contribution in [0.2, 0.25) is 0 Å². The van der Waals surface area contributed by atoms with E-state index < -0.39 is 5.91 Å². The fourth-order valence-corrected chi connectivity index (χ4v) is 3.11. The van der Waals surface area contributed by atoms with Crippen molar-refractivity contribution in [3.05, 3.63) is 95.6 Å². The minimum absolute atomic E-state index is 0.205. The zero-order chi connectivity index (χ0) is 20.2. The molecule has 2 aromatic heterocycles. The number of aromatic nitrogens is 2. The summed E-state index contributed by atoms with van der Waals surface area (Å²) in [6.45, 7) is 4.12. The Morgan fingerprint density at radius 2 is 1.93 bits per heavy atom. The topological polar surface area (TPSA) is 72.4 Å². The lowest BCUT2D eigenvalue weighted by Crippen LogP contribution is -2.16. The lowest BCUT2D eigenvalue weighted by atomic mass is 10.0. The summed E-state index contributed by atoms with van der Waals surface area (Å²) in [5.74, 6) is -0.202. The molecule has 0 aliphatic carbocycles. The Morgan fingerprint density at radius 1 is 1.10 bits per heavy atom. The van der Waals surface area contributed by atoms with Crippen LogP contribution in [0.15, 0.2) is 82.6 Å². The Kier molecular flexibility index (Phi) is 5.07. The van der Waals surface area contributed by atoms with E-state index >= 15 is 0 Å². The van der Waals surface area contributed by atoms with E-state index in [0.717, 1.165) is 28.1 Å². The Bertz CT molecular complexity index is 1160. The van der Waals surface area contributed by atoms with Gasteiger partial charge >= 0.3 is 5.91 Å². The third-order valence-corrected chi connectivity index (χ3v) is 4.52. The maximum atomic E-state index is 12.0. The fourth-order valence-electron chi connectivity index (χ4n) is 3.11. The van der Waals surface area contributed by atoms with Gasteiger partial charge in [0.2, 0.25) is 0 Å². The molecule has 4 aromatic rings. The largest absolute Gasteiger partial charge is 0.459 e. The number of nitrogens with zero attached hydrogens (tertiary/aromatic N) is 3. The molecule has 0 spiro atoms. The van der Waals surface area contributed by atoms with Crippen LogP contribution < -0.4 is 5.43 Å². The first-order chi connectivity index (χ1) is 14.1. The lowest BCUT2D eigenvalue weighted by molar-refractivity contribution is 0.0927. The van der Waals surface area contributed by atoms with Gasteiger partial charge < -0.3 is 4.42 Å². The van der Waals surface area contributed by atoms with E-state index in [1.54, 1.807) is 18.3 Å². The van der Waals surface area contributed by atoms with Crippen LogP contribution in [0.3, 0.4) is 0 Å². The van der Waals surface area contributed by atoms with Gasteiger partial charge in [-0.2, -0.15) is 10.2 Å². The van der Waals surface area contributed by atoms with Crippen LogP contribution in [0.25, 0.3) is 16.9 Å². The molecule has 1 amide bonds. The highest BCUT2D eigenvalue weighted by Gasteiger charge is 2.14. The molecule has 4 rings (SSSR count). The second-order valence-electron chi connectivity index (χ2n) is 6.71. The first kappa shape index (κ1) is 18.4. The van der Waals surface area contributed by atoms with Crippen molar-refractivity contribution in [2.24, 2.45) is 5.10 Å². The summed E-state index contributed by atoms with van der Waals surface area (Å²) < 4.78 is 6.89. The van der Waals surface area contributed by atoms with Gasteiger partial charge in [0.25, 0.3) is 0 Å². The molecule has 0 saturated carbocycles. The molecule has 2 heterocycles. The Hall–Kier alpha value is -3.93. The van der Waals surface area contributed by atoms with E-state index in [2.05, 4.69) is 42.6 Å². The normalized spacial score (nSPS) is 11.1. The van der Waals surface area contributed by atoms with Crippen molar-refractivity contribution >= 4 is 12.1 Å². The minimum Gasteiger partial charge on any atom is -0.459 e. The van der Waals surface area contributed by atoms with Crippen molar-refractivity contribution in [1.29, 1.82) is 0 Å². The van der Waals surface area contributed by atoms with Crippen molar-refractivity contribution in [1.82, 2.24) is 15.2 Å². The Labute approximate surface area is 168 Å². The second kappa shape index (κ2) is 7.98. The molecule has 0 bridgehead atoms. The average molecular weight is 384 g/mol. The molecule has 6 heteroatoms. The molecular weight excluding hydrogens is 364 g/mol. The summed E-state index contributed by atoms with van der Waals surface area (Å²) in [4.78, 5) is 12.0. The SMILES string of the molecule is Cc1ccc(-c2nn(-c3ccccc3)cc2/C=N\NC(=O)c2ccco2)c(C)c1. The number of nitrogens with one attached hydrogen (secondary N) is 1. The van der Waals surface area contributed by atoms with E-state index in [-0.39, 0.29) is 5.76 Å². The molecule has 0 atom stereocenters. The van der Waals surface area contributed by atoms with Crippen LogP contribution in [0, 0.1) is 13.8 Å². The molecule has 0 unspecified atom stereocenters. The number of carbonyl (C=O) groups is 1. The second-order valence-corrected chi connectivity index (χ2v) is 6.71. The van der Waals surface area contributed by atoms with E-state index in [4.69, 9.17) is 9.52 Å². The number of hydrogen-bond acceptors (Lipinski definition) is 4. The molecule has 0 aliphatic rings. The third kappa shape index (κ3) is 4.01. The number of aryl methyl sites for hydroxylation is 2. The summed E-state index contributed by atoms with van der Waals surface area (Å²) >= 11 is 0. The molecule has 6 nitrogen and oxygen atoms in total. The summed E-state index contributed by atoms with van der Waals surface area (Å²) in [5, 5.41) is 8.88. The number of furan rings is 1. The Morgan fingerprint density at radius 3 is 2.66 bits per heavy atom. The first-order valence-corrected chi connectivity index (χ1v) is 9.21. The van der Waals surface area contributed by atoms with Gasteiger partial charge in [0, 0.05) is 17.3 Å². The highest BCUT2D eigenvalue weighted by molar-refractivity contribution is 5.93. The third-order valence-electron chi connectivity index (χ3n) is 4.52. The van der Waals surface area contributed by atoms with Crippen molar-refractivity contribution in [3.8, 4) is 16.9 Å². The highest BCUT2D eigenvalue weighted by Crippen LogP contribution is 2.26. The molecule has 0 fully saturated rings. The average Bonchev–Trinajstić information content (AvgIpc) is 3.39. The van der Waals surface area contributed by atoms with Crippen LogP contribution in [-0.2, 0) is 0 Å². The molecule has 0 radical (unpaired) electrons. The number of para-hydroxylation sites is 1. The predicted octanol–water partition coefficient (Wildman–Crippen LogP) is 4.51. The summed E-state index contributed by atoms with van der Waals surface area (Å²) in [6.07, 6.45) is 4.94. The minimum atomic E-state index is -0.408. The van der Waals surface area contributed by atoms with Crippen LogP contribution in [0.4, 0.5) is 0 Å². The van der Waals surface area contributed by atoms with Crippen LogP contribution in [0.5, 0.6) is 0 Å². The maximum Gasteiger partial charge on any atom is 0.307 e. The summed E-state index contributed by atoms with van der Waals surface area (Å²) in [5.41, 5.74) is 8.34. The molecule has 0 saturated heterocycles. The predicted molar refractivity (Wildman–Crippen MR) is 112 cm³/mol. The molecule has 29 heavy (non-hydrogen) atoms. The summed E-state index contributed by atoms with van der Waals surface area (Å²) in [6, 6.07) is 19.3. The van der Waals surface area contributed by atoms with E-state index in [1.807, 2.05) is 41.2 Å². The standard InChI is InChI=1S/C23H20N4O2/c1-16-10-11-20(17(2)13-16)22-18(14-24-25-23(28)21-9-6-12-29-21)15-27(26-22)19-7-4-3-5-8-19/h3-15H,1-2H3,(H,25,28)/b24-14-. The van der Waals surface area contributed by atoms with Crippen LogP contribution in [-0.4, -0.2) is 21.9 Å². The van der Waals surface area contributed by atoms with E-state index in [1.165, 1.54) is 11.8 Å². The van der Waals surface area contributed by atoms with Gasteiger partial charge in [-0.15, -0.1) is 0 Å². The van der Waals surface area contributed by atoms with Gasteiger partial charge in [0.1, 0.15) is 5.69 Å². The van der Waals surface area contributed by atoms with Gasteiger partial charge in [-0.05, 0) is 43.7 Å². The number of benzene rings is 2. The lowest BCUT2D eigenvalue weighted by Gasteiger charge is -2.05. The van der Waals surface area contributed by atoms with Gasteiger partial charge in [-0.25, -0.2) is 10.1 Å². The fraction of sp³-hybridized carbons (Fsp3) is 0.0870. The van der Waals surface area contributed by atoms with Gasteiger partial charge in [0.15, 0.2) is 5.76 Å². The molecule has 2 aromatic carbocycles. The van der Waals surface area contributed by atoms with E-state index in [9.17, 15) is 4.79 Å². The highest BCUT2D eigenvalue weighted by atomic mass is 16.3. The number of hydrazone groups is 1. The monoisotopic (exact) mass is 384 g/mol. The van der Waals surface area contributed by atoms with Crippen molar-refractivity contribution in [2.45, 2.75) is 13.8 Å². The molecule has 0 aliphatic heterocycles. The van der Waals surface area contributed by atoms with Gasteiger partial charge in [-0.3, -0.25) is 4.79 Å². The van der Waals surface area contributed by atoms with Crippen LogP contribution >= 0.6 is 0 Å². The number of amides is 1. The molecular formula is C23H20N4O2. The molecule has 1 N–H and O–H groups in total. The van der Waals surface area contributed by atoms with Crippen molar-refractivity contribution in [3.63, 3.8) is 0 Å². The number of hydrogen-bond donors (Lipinski definition) is 1. The number of carbonyl (C=O) groups excluding carboxylic acids is 1. The van der Waals surface area contributed by atoms with Gasteiger partial charge in [-0.1, -0.05) is 42.0 Å². The summed E-state index contributed by atoms with van der Waals surface area (Å²) in [7, 11) is 0. The maximum absolute atomic E-state index is 12.0. The zero-order valence-corrected chi connectivity index (χ0v) is 16.2. The van der Waals surface area contributed by atoms with Crippen LogP contribution in [0.1, 0.15) is 27.2 Å². The smallest absolute Gasteiger partial charge is 0.307 e. The number of rotatable bonds is 5. The van der Waals surface area contributed by atoms with Crippen molar-refractivity contribution < 1.29 is 9.21 Å². The Balaban J connectivity index is 1.70.